The summed E-state index contributed by atoms with van der Waals surface area (Å²) in [7, 11) is 3.50. The van der Waals surface area contributed by atoms with Gasteiger partial charge < -0.3 is 9.47 Å². The van der Waals surface area contributed by atoms with Crippen molar-refractivity contribution in [2.45, 2.75) is 81.5 Å². The van der Waals surface area contributed by atoms with Crippen LogP contribution >= 0.6 is 55.9 Å². The highest BCUT2D eigenvalue weighted by Gasteiger charge is 2.28. The van der Waals surface area contributed by atoms with E-state index in [2.05, 4.69) is 29.5 Å². The summed E-state index contributed by atoms with van der Waals surface area (Å²) in [6.45, 7) is 15.4. The van der Waals surface area contributed by atoms with E-state index in [9.17, 15) is 9.59 Å². The Morgan fingerprint density at radius 3 is 2.04 bits per heavy atom. The van der Waals surface area contributed by atoms with Crippen molar-refractivity contribution in [3.05, 3.63) is 0 Å². The molecule has 0 amide bonds. The van der Waals surface area contributed by atoms with Gasteiger partial charge in [-0.2, -0.15) is 0 Å². The molecule has 0 fully saturated rings. The maximum atomic E-state index is 11.8. The number of thioether (sulfide) groups is 1. The fourth-order valence-electron chi connectivity index (χ4n) is 1.82. The minimum atomic E-state index is -0.524. The number of alkyl halides is 1. The van der Waals surface area contributed by atoms with Crippen LogP contribution in [0.25, 0.3) is 0 Å². The maximum absolute atomic E-state index is 11.8. The third kappa shape index (κ3) is 12.7. The largest absolute Gasteiger partial charge is 0.459 e. The summed E-state index contributed by atoms with van der Waals surface area (Å²) >= 11 is 3.68. The normalized spacial score (nSPS) is 15.0. The van der Waals surface area contributed by atoms with Gasteiger partial charge in [-0.1, -0.05) is 64.9 Å². The first-order chi connectivity index (χ1) is 11.3. The molecular weight excluding hydrogens is 491 g/mol. The van der Waals surface area contributed by atoms with Crippen LogP contribution in [0, 0.1) is 5.92 Å². The van der Waals surface area contributed by atoms with Gasteiger partial charge in [-0.25, -0.2) is 0 Å². The second-order valence-corrected chi connectivity index (χ2v) is 13.9. The third-order valence-electron chi connectivity index (χ3n) is 2.99. The molecule has 0 heterocycles. The van der Waals surface area contributed by atoms with Crippen LogP contribution in [-0.2, 0) is 19.1 Å². The minimum Gasteiger partial charge on any atom is -0.459 e. The standard InChI is InChI=1S/C17H31IO4S3/c1-11(2)14(19)22-17(7,8)23-10-24-25-12(3)9-16(5,6)21-15(20)13(4)18/h11-13H,9-10H2,1-8H3. The SMILES string of the molecule is CC(CC(C)(C)OC(=O)C(C)I)SSCSC(C)(C)OC(=O)C(C)C. The summed E-state index contributed by atoms with van der Waals surface area (Å²) < 4.78 is 10.9. The van der Waals surface area contributed by atoms with E-state index in [4.69, 9.17) is 9.47 Å². The van der Waals surface area contributed by atoms with E-state index in [1.54, 1.807) is 33.3 Å². The molecule has 0 bridgehead atoms. The predicted octanol–water partition coefficient (Wildman–Crippen LogP) is 5.92. The molecule has 25 heavy (non-hydrogen) atoms. The highest BCUT2D eigenvalue weighted by Crippen LogP contribution is 2.38. The van der Waals surface area contributed by atoms with Crippen molar-refractivity contribution < 1.29 is 19.1 Å². The Balaban J connectivity index is 4.16. The van der Waals surface area contributed by atoms with Crippen molar-refractivity contribution in [2.24, 2.45) is 5.92 Å². The molecule has 0 rings (SSSR count). The summed E-state index contributed by atoms with van der Waals surface area (Å²) in [6, 6.07) is 0. The summed E-state index contributed by atoms with van der Waals surface area (Å²) in [6.07, 6.45) is 0.788. The molecule has 8 heteroatoms. The Labute approximate surface area is 178 Å². The molecule has 0 aliphatic heterocycles. The molecule has 0 saturated carbocycles. The minimum absolute atomic E-state index is 0.114. The van der Waals surface area contributed by atoms with E-state index in [1.807, 2.05) is 48.5 Å². The first-order valence-electron chi connectivity index (χ1n) is 8.28. The maximum Gasteiger partial charge on any atom is 0.319 e. The molecule has 2 unspecified atom stereocenters. The number of rotatable bonds is 11. The van der Waals surface area contributed by atoms with Gasteiger partial charge in [-0.3, -0.25) is 9.59 Å². The molecule has 148 valence electrons. The molecule has 0 aliphatic rings. The van der Waals surface area contributed by atoms with E-state index in [0.717, 1.165) is 11.5 Å². The number of carbonyl (C=O) groups excluding carboxylic acids is 2. The van der Waals surface area contributed by atoms with E-state index < -0.39 is 10.5 Å². The Hall–Kier alpha value is 0.720. The molecule has 0 aromatic rings. The Kier molecular flexibility index (Phi) is 11.9. The summed E-state index contributed by atoms with van der Waals surface area (Å²) in [5, 5.41) is 1.16. The number of hydrogen-bond donors (Lipinski definition) is 0. The quantitative estimate of drug-likeness (QED) is 0.0834. The first-order valence-corrected chi connectivity index (χ1v) is 12.9. The van der Waals surface area contributed by atoms with E-state index in [1.165, 1.54) is 0 Å². The number of esters is 2. The van der Waals surface area contributed by atoms with Crippen molar-refractivity contribution in [3.63, 3.8) is 0 Å². The molecule has 0 aliphatic carbocycles. The van der Waals surface area contributed by atoms with Gasteiger partial charge in [-0.15, -0.1) is 11.8 Å². The van der Waals surface area contributed by atoms with Gasteiger partial charge in [0.05, 0.1) is 11.0 Å². The Morgan fingerprint density at radius 1 is 1.00 bits per heavy atom. The second kappa shape index (κ2) is 11.5. The fraction of sp³-hybridized carbons (Fsp3) is 0.882. The van der Waals surface area contributed by atoms with Crippen molar-refractivity contribution >= 4 is 67.9 Å². The van der Waals surface area contributed by atoms with Crippen LogP contribution in [0.1, 0.15) is 61.8 Å². The zero-order valence-corrected chi connectivity index (χ0v) is 21.0. The third-order valence-corrected chi connectivity index (χ3v) is 8.02. The Bertz CT molecular complexity index is 440. The van der Waals surface area contributed by atoms with Crippen molar-refractivity contribution in [1.82, 2.24) is 0 Å². The molecule has 0 aromatic heterocycles. The van der Waals surface area contributed by atoms with Gasteiger partial charge in [0, 0.05) is 5.25 Å². The highest BCUT2D eigenvalue weighted by molar-refractivity contribution is 14.1. The lowest BCUT2D eigenvalue weighted by atomic mass is 10.0. The number of halogens is 1. The molecule has 2 atom stereocenters. The van der Waals surface area contributed by atoms with Crippen molar-refractivity contribution in [1.29, 1.82) is 0 Å². The predicted molar refractivity (Wildman–Crippen MR) is 120 cm³/mol. The van der Waals surface area contributed by atoms with Gasteiger partial charge in [0.25, 0.3) is 0 Å². The van der Waals surface area contributed by atoms with E-state index >= 15 is 0 Å². The molecule has 0 radical (unpaired) electrons. The zero-order valence-electron chi connectivity index (χ0n) is 16.4. The average molecular weight is 523 g/mol. The summed E-state index contributed by atoms with van der Waals surface area (Å²) in [5.74, 6) is -0.451. The van der Waals surface area contributed by atoms with Crippen LogP contribution < -0.4 is 0 Å². The van der Waals surface area contributed by atoms with Crippen LogP contribution in [-0.4, -0.2) is 36.7 Å². The topological polar surface area (TPSA) is 52.6 Å². The molecular formula is C17H31IO4S3. The molecule has 4 nitrogen and oxygen atoms in total. The average Bonchev–Trinajstić information content (AvgIpc) is 2.41. The number of hydrogen-bond acceptors (Lipinski definition) is 7. The van der Waals surface area contributed by atoms with Crippen LogP contribution in [0.5, 0.6) is 0 Å². The van der Waals surface area contributed by atoms with Gasteiger partial charge in [0.1, 0.15) is 9.53 Å². The molecule has 0 spiro atoms. The number of ether oxygens (including phenoxy) is 2. The van der Waals surface area contributed by atoms with Gasteiger partial charge >= 0.3 is 11.9 Å². The summed E-state index contributed by atoms with van der Waals surface area (Å²) in [5.41, 5.74) is -0.470. The lowest BCUT2D eigenvalue weighted by Gasteiger charge is -2.29. The Morgan fingerprint density at radius 2 is 1.56 bits per heavy atom. The van der Waals surface area contributed by atoms with Gasteiger partial charge in [0.2, 0.25) is 0 Å². The van der Waals surface area contributed by atoms with E-state index in [0.29, 0.717) is 5.25 Å². The lowest BCUT2D eigenvalue weighted by molar-refractivity contribution is -0.155. The second-order valence-electron chi connectivity index (χ2n) is 7.26. The van der Waals surface area contributed by atoms with Crippen molar-refractivity contribution in [2.75, 3.05) is 5.08 Å². The van der Waals surface area contributed by atoms with E-state index in [-0.39, 0.29) is 21.8 Å². The molecule has 0 N–H and O–H groups in total. The monoisotopic (exact) mass is 522 g/mol. The van der Waals surface area contributed by atoms with Gasteiger partial charge in [-0.05, 0) is 41.0 Å². The van der Waals surface area contributed by atoms with Crippen LogP contribution in [0.3, 0.4) is 0 Å². The molecule has 0 saturated heterocycles. The van der Waals surface area contributed by atoms with Crippen LogP contribution in [0.15, 0.2) is 0 Å². The lowest BCUT2D eigenvalue weighted by Crippen LogP contribution is -2.33. The van der Waals surface area contributed by atoms with Crippen molar-refractivity contribution in [3.8, 4) is 0 Å². The summed E-state index contributed by atoms with van der Waals surface area (Å²) in [4.78, 5) is 22.9. The zero-order chi connectivity index (χ0) is 19.8. The smallest absolute Gasteiger partial charge is 0.319 e. The number of carbonyl (C=O) groups is 2. The highest BCUT2D eigenvalue weighted by atomic mass is 127. The van der Waals surface area contributed by atoms with Crippen LogP contribution in [0.4, 0.5) is 0 Å². The molecule has 0 aromatic carbocycles. The van der Waals surface area contributed by atoms with Crippen LogP contribution in [0.2, 0.25) is 0 Å². The fourth-order valence-corrected chi connectivity index (χ4v) is 6.17. The van der Waals surface area contributed by atoms with Gasteiger partial charge in [0.15, 0.2) is 4.93 Å². The first kappa shape index (κ1) is 25.7.